The van der Waals surface area contributed by atoms with Crippen LogP contribution in [0.3, 0.4) is 0 Å². The second-order valence-electron chi connectivity index (χ2n) is 8.92. The van der Waals surface area contributed by atoms with Gasteiger partial charge in [-0.2, -0.15) is 5.10 Å². The Hall–Kier alpha value is -4.09. The Labute approximate surface area is 217 Å². The number of benzene rings is 2. The number of aromatic amines is 1. The van der Waals surface area contributed by atoms with Gasteiger partial charge in [0, 0.05) is 6.42 Å². The first-order valence-corrected chi connectivity index (χ1v) is 12.1. The van der Waals surface area contributed by atoms with Crippen LogP contribution >= 0.6 is 12.2 Å². The Morgan fingerprint density at radius 1 is 1.08 bits per heavy atom. The number of aryl methyl sites for hydroxylation is 2. The summed E-state index contributed by atoms with van der Waals surface area (Å²) in [5, 5.41) is 5.00. The number of nitrogens with one attached hydrogen (secondary N) is 1. The highest BCUT2D eigenvalue weighted by molar-refractivity contribution is 7.71. The molecule has 1 fully saturated rings. The Kier molecular flexibility index (Phi) is 6.72. The van der Waals surface area contributed by atoms with Crippen LogP contribution in [0.25, 0.3) is 11.0 Å². The fourth-order valence-electron chi connectivity index (χ4n) is 4.13. The van der Waals surface area contributed by atoms with Gasteiger partial charge in [0.15, 0.2) is 12.2 Å². The van der Waals surface area contributed by atoms with E-state index in [4.69, 9.17) is 32.2 Å². The molecular weight excluding hydrogens is 494 g/mol. The smallest absolute Gasteiger partial charge is 0.338 e. The lowest BCUT2D eigenvalue weighted by Crippen LogP contribution is -2.32. The molecule has 37 heavy (non-hydrogen) atoms. The Bertz CT molecular complexity index is 1510. The number of carbonyl (C=O) groups excluding carboxylic acids is 2. The third-order valence-electron chi connectivity index (χ3n) is 6.16. The van der Waals surface area contributed by atoms with E-state index in [2.05, 4.69) is 15.1 Å². The number of rotatable bonds is 6. The first kappa shape index (κ1) is 24.6. The van der Waals surface area contributed by atoms with Gasteiger partial charge in [0.25, 0.3) is 0 Å². The summed E-state index contributed by atoms with van der Waals surface area (Å²) >= 11 is 5.29. The molecule has 5 rings (SSSR count). The van der Waals surface area contributed by atoms with Crippen molar-refractivity contribution in [3.63, 3.8) is 0 Å². The summed E-state index contributed by atoms with van der Waals surface area (Å²) in [6.45, 7) is 3.75. The molecule has 190 valence electrons. The Balaban J connectivity index is 1.38. The molecule has 3 atom stereocenters. The topological polar surface area (TPSA) is 134 Å². The number of carbonyl (C=O) groups is 2. The molecule has 2 aromatic heterocycles. The predicted molar refractivity (Wildman–Crippen MR) is 137 cm³/mol. The molecule has 1 aliphatic rings. The van der Waals surface area contributed by atoms with E-state index in [9.17, 15) is 9.59 Å². The zero-order chi connectivity index (χ0) is 26.1. The van der Waals surface area contributed by atoms with Gasteiger partial charge in [0.2, 0.25) is 0 Å². The van der Waals surface area contributed by atoms with Crippen molar-refractivity contribution in [3.8, 4) is 0 Å². The monoisotopic (exact) mass is 519 g/mol. The van der Waals surface area contributed by atoms with E-state index >= 15 is 0 Å². The average Bonchev–Trinajstić information content (AvgIpc) is 3.47. The summed E-state index contributed by atoms with van der Waals surface area (Å²) in [7, 11) is 0. The molecule has 0 unspecified atom stereocenters. The van der Waals surface area contributed by atoms with E-state index in [-0.39, 0.29) is 19.0 Å². The van der Waals surface area contributed by atoms with Crippen LogP contribution in [0.2, 0.25) is 0 Å². The van der Waals surface area contributed by atoms with Gasteiger partial charge in [-0.3, -0.25) is 0 Å². The predicted octanol–water partition coefficient (Wildman–Crippen LogP) is 4.06. The van der Waals surface area contributed by atoms with Gasteiger partial charge < -0.3 is 24.9 Å². The number of nitrogens with two attached hydrogens (primary N) is 1. The molecule has 0 aliphatic carbocycles. The van der Waals surface area contributed by atoms with Gasteiger partial charge in [-0.05, 0) is 38.1 Å². The standard InChI is InChI=1S/C26H25N5O5S/c1-14-3-7-16(8-4-14)24(32)34-13-20-19(36-25(33)17-9-5-15(2)6-10-17)11-21(35-20)31-22-18(12-28-31)23(37)30-26(27)29-22/h3-10,12,19-21H,11,13H2,1-2H3,(H3,27,29,30,37)/t19-,20+,21+/m0/s1. The zero-order valence-corrected chi connectivity index (χ0v) is 21.0. The van der Waals surface area contributed by atoms with Gasteiger partial charge in [-0.1, -0.05) is 47.6 Å². The molecule has 0 radical (unpaired) electrons. The molecular formula is C26H25N5O5S. The number of nitrogens with zero attached hydrogens (tertiary/aromatic N) is 3. The van der Waals surface area contributed by atoms with Crippen molar-refractivity contribution in [2.45, 2.75) is 38.7 Å². The van der Waals surface area contributed by atoms with Gasteiger partial charge >= 0.3 is 11.9 Å². The van der Waals surface area contributed by atoms with Gasteiger partial charge in [0.05, 0.1) is 22.7 Å². The molecule has 0 spiro atoms. The lowest BCUT2D eigenvalue weighted by Gasteiger charge is -2.19. The number of fused-ring (bicyclic) bond motifs is 1. The molecule has 1 aliphatic heterocycles. The Morgan fingerprint density at radius 2 is 1.70 bits per heavy atom. The number of anilines is 1. The van der Waals surface area contributed by atoms with E-state index < -0.39 is 30.4 Å². The van der Waals surface area contributed by atoms with Crippen LogP contribution in [0.15, 0.2) is 54.7 Å². The summed E-state index contributed by atoms with van der Waals surface area (Å²) < 4.78 is 19.5. The number of H-pyrrole nitrogens is 1. The third kappa shape index (κ3) is 5.23. The van der Waals surface area contributed by atoms with Crippen molar-refractivity contribution in [2.24, 2.45) is 0 Å². The molecule has 10 nitrogen and oxygen atoms in total. The summed E-state index contributed by atoms with van der Waals surface area (Å²) in [4.78, 5) is 32.5. The molecule has 4 aromatic rings. The Morgan fingerprint density at radius 3 is 2.35 bits per heavy atom. The lowest BCUT2D eigenvalue weighted by molar-refractivity contribution is -0.0590. The summed E-state index contributed by atoms with van der Waals surface area (Å²) in [5.74, 6) is -0.853. The van der Waals surface area contributed by atoms with Crippen molar-refractivity contribution in [1.82, 2.24) is 19.7 Å². The number of nitrogen functional groups attached to an aromatic ring is 1. The van der Waals surface area contributed by atoms with Crippen LogP contribution < -0.4 is 5.73 Å². The quantitative estimate of drug-likeness (QED) is 0.286. The highest BCUT2D eigenvalue weighted by Crippen LogP contribution is 2.33. The highest BCUT2D eigenvalue weighted by atomic mass is 32.1. The van der Waals surface area contributed by atoms with E-state index in [1.165, 1.54) is 0 Å². The fraction of sp³-hybridized carbons (Fsp3) is 0.269. The van der Waals surface area contributed by atoms with E-state index in [0.29, 0.717) is 26.8 Å². The van der Waals surface area contributed by atoms with Crippen molar-refractivity contribution in [2.75, 3.05) is 12.3 Å². The normalized spacial score (nSPS) is 19.1. The number of hydrogen-bond acceptors (Lipinski definition) is 9. The van der Waals surface area contributed by atoms with Crippen molar-refractivity contribution >= 4 is 41.1 Å². The molecule has 0 amide bonds. The molecule has 1 saturated heterocycles. The minimum Gasteiger partial charge on any atom is -0.459 e. The summed E-state index contributed by atoms with van der Waals surface area (Å²) in [6.07, 6.45) is -0.225. The van der Waals surface area contributed by atoms with Gasteiger partial charge in [0.1, 0.15) is 29.1 Å². The molecule has 0 bridgehead atoms. The summed E-state index contributed by atoms with van der Waals surface area (Å²) in [5.41, 5.74) is 9.27. The average molecular weight is 520 g/mol. The van der Waals surface area contributed by atoms with Crippen molar-refractivity contribution < 1.29 is 23.8 Å². The molecule has 2 aromatic carbocycles. The van der Waals surface area contributed by atoms with Gasteiger partial charge in [-0.15, -0.1) is 0 Å². The minimum atomic E-state index is -0.727. The van der Waals surface area contributed by atoms with Crippen molar-refractivity contribution in [1.29, 1.82) is 0 Å². The molecule has 11 heteroatoms. The number of hydrogen-bond donors (Lipinski definition) is 2. The minimum absolute atomic E-state index is 0.117. The van der Waals surface area contributed by atoms with Crippen molar-refractivity contribution in [3.05, 3.63) is 81.6 Å². The maximum absolute atomic E-state index is 12.9. The maximum Gasteiger partial charge on any atom is 0.338 e. The molecule has 0 saturated carbocycles. The number of aromatic nitrogens is 4. The van der Waals surface area contributed by atoms with E-state index in [0.717, 1.165) is 11.1 Å². The second-order valence-corrected chi connectivity index (χ2v) is 9.30. The van der Waals surface area contributed by atoms with Crippen LogP contribution in [0.4, 0.5) is 5.95 Å². The van der Waals surface area contributed by atoms with E-state index in [1.807, 2.05) is 38.1 Å². The second kappa shape index (κ2) is 10.1. The maximum atomic E-state index is 12.9. The fourth-order valence-corrected chi connectivity index (χ4v) is 4.38. The summed E-state index contributed by atoms with van der Waals surface area (Å²) in [6, 6.07) is 14.1. The van der Waals surface area contributed by atoms with Crippen LogP contribution in [0.5, 0.6) is 0 Å². The van der Waals surface area contributed by atoms with Crippen LogP contribution in [-0.2, 0) is 14.2 Å². The highest BCUT2D eigenvalue weighted by Gasteiger charge is 2.41. The first-order valence-electron chi connectivity index (χ1n) is 11.7. The van der Waals surface area contributed by atoms with Gasteiger partial charge in [-0.25, -0.2) is 19.3 Å². The largest absolute Gasteiger partial charge is 0.459 e. The third-order valence-corrected chi connectivity index (χ3v) is 6.47. The SMILES string of the molecule is Cc1ccc(C(=O)OC[C@H]2O[C@@H](n3ncc4c(=S)nc(N)[nH]c43)C[C@@H]2OC(=O)c2ccc(C)cc2)cc1. The van der Waals surface area contributed by atoms with Crippen LogP contribution in [0, 0.1) is 18.5 Å². The lowest BCUT2D eigenvalue weighted by atomic mass is 10.1. The van der Waals surface area contributed by atoms with Crippen LogP contribution in [-0.4, -0.2) is 50.5 Å². The first-order chi connectivity index (χ1) is 17.8. The number of ether oxygens (including phenoxy) is 3. The zero-order valence-electron chi connectivity index (χ0n) is 20.2. The molecule has 3 heterocycles. The van der Waals surface area contributed by atoms with Crippen LogP contribution in [0.1, 0.15) is 44.5 Å². The molecule has 3 N–H and O–H groups in total. The van der Waals surface area contributed by atoms with E-state index in [1.54, 1.807) is 35.1 Å². The number of esters is 2.